The summed E-state index contributed by atoms with van der Waals surface area (Å²) in [5.41, 5.74) is 1.19. The normalized spacial score (nSPS) is 10.5. The average molecular weight is 359 g/mol. The van der Waals surface area contributed by atoms with Gasteiger partial charge in [0, 0.05) is 10.6 Å². The average Bonchev–Trinajstić information content (AvgIpc) is 3.10. The van der Waals surface area contributed by atoms with E-state index in [0.717, 1.165) is 5.56 Å². The summed E-state index contributed by atoms with van der Waals surface area (Å²) >= 11 is 5.86. The monoisotopic (exact) mass is 358 g/mol. The number of halogens is 1. The number of nitrogens with zero attached hydrogens (tertiary/aromatic N) is 2. The molecule has 7 heteroatoms. The minimum atomic E-state index is -0.393. The van der Waals surface area contributed by atoms with Crippen LogP contribution in [0, 0.1) is 0 Å². The van der Waals surface area contributed by atoms with E-state index in [2.05, 4.69) is 10.2 Å². The van der Waals surface area contributed by atoms with Crippen molar-refractivity contribution in [2.24, 2.45) is 0 Å². The topological polar surface area (TPSA) is 74.5 Å². The summed E-state index contributed by atoms with van der Waals surface area (Å²) in [5.74, 6) is 0.828. The molecule has 0 saturated carbocycles. The number of rotatable bonds is 6. The Bertz CT molecular complexity index is 862. The highest BCUT2D eigenvalue weighted by atomic mass is 35.5. The minimum Gasteiger partial charge on any atom is -0.484 e. The molecule has 0 aliphatic rings. The molecule has 6 nitrogen and oxygen atoms in total. The van der Waals surface area contributed by atoms with Crippen molar-refractivity contribution in [1.82, 2.24) is 10.2 Å². The number of benzene rings is 2. The molecular formula is C18H15ClN2O4. The zero-order chi connectivity index (χ0) is 17.6. The summed E-state index contributed by atoms with van der Waals surface area (Å²) in [4.78, 5) is 11.7. The van der Waals surface area contributed by atoms with E-state index in [-0.39, 0.29) is 6.61 Å². The second kappa shape index (κ2) is 7.81. The molecule has 25 heavy (non-hydrogen) atoms. The van der Waals surface area contributed by atoms with Crippen LogP contribution in [0.25, 0.3) is 11.5 Å². The molecule has 0 radical (unpaired) electrons. The van der Waals surface area contributed by atoms with Crippen LogP contribution in [0.15, 0.2) is 52.9 Å². The highest BCUT2D eigenvalue weighted by molar-refractivity contribution is 6.30. The van der Waals surface area contributed by atoms with Crippen LogP contribution in [-0.4, -0.2) is 22.8 Å². The van der Waals surface area contributed by atoms with Crippen molar-refractivity contribution in [2.45, 2.75) is 13.5 Å². The quantitative estimate of drug-likeness (QED) is 0.616. The van der Waals surface area contributed by atoms with Crippen molar-refractivity contribution in [2.75, 3.05) is 6.61 Å². The molecule has 0 aliphatic carbocycles. The molecule has 3 rings (SSSR count). The van der Waals surface area contributed by atoms with Gasteiger partial charge in [0.1, 0.15) is 5.75 Å². The second-order valence-corrected chi connectivity index (χ2v) is 5.48. The van der Waals surface area contributed by atoms with Crippen LogP contribution in [0.1, 0.15) is 23.2 Å². The molecule has 128 valence electrons. The van der Waals surface area contributed by atoms with Crippen molar-refractivity contribution < 1.29 is 18.7 Å². The predicted molar refractivity (Wildman–Crippen MR) is 91.5 cm³/mol. The fourth-order valence-electron chi connectivity index (χ4n) is 2.09. The summed E-state index contributed by atoms with van der Waals surface area (Å²) in [6.45, 7) is 2.17. The Morgan fingerprint density at radius 2 is 1.96 bits per heavy atom. The van der Waals surface area contributed by atoms with E-state index >= 15 is 0 Å². The standard InChI is InChI=1S/C18H15ClN2O4/c1-2-23-18(22)13-4-3-5-15(10-13)24-11-16-20-21-17(25-16)12-6-8-14(19)9-7-12/h3-10H,2,11H2,1H3. The van der Waals surface area contributed by atoms with Gasteiger partial charge in [-0.2, -0.15) is 0 Å². The third-order valence-corrected chi connectivity index (χ3v) is 3.52. The summed E-state index contributed by atoms with van der Waals surface area (Å²) in [5, 5.41) is 8.57. The zero-order valence-corrected chi connectivity index (χ0v) is 14.2. The lowest BCUT2D eigenvalue weighted by molar-refractivity contribution is 0.0526. The van der Waals surface area contributed by atoms with Gasteiger partial charge in [-0.25, -0.2) is 4.79 Å². The smallest absolute Gasteiger partial charge is 0.338 e. The summed E-state index contributed by atoms with van der Waals surface area (Å²) in [6, 6.07) is 13.8. The molecule has 0 spiro atoms. The van der Waals surface area contributed by atoms with Gasteiger partial charge in [0.15, 0.2) is 6.61 Å². The van der Waals surface area contributed by atoms with Gasteiger partial charge >= 0.3 is 5.97 Å². The van der Waals surface area contributed by atoms with E-state index in [1.165, 1.54) is 0 Å². The first kappa shape index (κ1) is 17.0. The number of aromatic nitrogens is 2. The van der Waals surface area contributed by atoms with Crippen molar-refractivity contribution in [3.05, 3.63) is 65.0 Å². The largest absolute Gasteiger partial charge is 0.484 e. The summed E-state index contributed by atoms with van der Waals surface area (Å²) in [7, 11) is 0. The van der Waals surface area contributed by atoms with Crippen LogP contribution in [0.3, 0.4) is 0 Å². The first-order valence-corrected chi connectivity index (χ1v) is 8.02. The highest BCUT2D eigenvalue weighted by Crippen LogP contribution is 2.21. The highest BCUT2D eigenvalue weighted by Gasteiger charge is 2.11. The van der Waals surface area contributed by atoms with E-state index < -0.39 is 5.97 Å². The van der Waals surface area contributed by atoms with Gasteiger partial charge in [-0.15, -0.1) is 10.2 Å². The van der Waals surface area contributed by atoms with Crippen molar-refractivity contribution in [3.63, 3.8) is 0 Å². The van der Waals surface area contributed by atoms with E-state index in [9.17, 15) is 4.79 Å². The molecule has 0 amide bonds. The van der Waals surface area contributed by atoms with Crippen LogP contribution in [0.5, 0.6) is 5.75 Å². The zero-order valence-electron chi connectivity index (χ0n) is 13.4. The van der Waals surface area contributed by atoms with E-state index in [4.69, 9.17) is 25.5 Å². The predicted octanol–water partition coefficient (Wildman–Crippen LogP) is 4.15. The maximum atomic E-state index is 11.7. The molecule has 0 fully saturated rings. The third-order valence-electron chi connectivity index (χ3n) is 3.27. The Labute approximate surface area is 149 Å². The molecule has 1 heterocycles. The maximum Gasteiger partial charge on any atom is 0.338 e. The Morgan fingerprint density at radius 3 is 2.72 bits per heavy atom. The van der Waals surface area contributed by atoms with E-state index in [1.54, 1.807) is 55.5 Å². The lowest BCUT2D eigenvalue weighted by atomic mass is 10.2. The van der Waals surface area contributed by atoms with Crippen LogP contribution < -0.4 is 4.74 Å². The Kier molecular flexibility index (Phi) is 5.30. The van der Waals surface area contributed by atoms with Crippen molar-refractivity contribution in [1.29, 1.82) is 0 Å². The van der Waals surface area contributed by atoms with Gasteiger partial charge in [0.05, 0.1) is 12.2 Å². The SMILES string of the molecule is CCOC(=O)c1cccc(OCc2nnc(-c3ccc(Cl)cc3)o2)c1. The second-order valence-electron chi connectivity index (χ2n) is 5.04. The molecule has 0 unspecified atom stereocenters. The van der Waals surface area contributed by atoms with E-state index in [1.807, 2.05) is 0 Å². The summed E-state index contributed by atoms with van der Waals surface area (Å²) in [6.07, 6.45) is 0. The Hall–Kier alpha value is -2.86. The number of hydrogen-bond acceptors (Lipinski definition) is 6. The number of carbonyl (C=O) groups is 1. The van der Waals surface area contributed by atoms with Crippen molar-refractivity contribution in [3.8, 4) is 17.2 Å². The van der Waals surface area contributed by atoms with Crippen molar-refractivity contribution >= 4 is 17.6 Å². The van der Waals surface area contributed by atoms with Crippen LogP contribution in [-0.2, 0) is 11.3 Å². The fourth-order valence-corrected chi connectivity index (χ4v) is 2.22. The van der Waals surface area contributed by atoms with Gasteiger partial charge < -0.3 is 13.9 Å². The summed E-state index contributed by atoms with van der Waals surface area (Å²) < 4.78 is 16.1. The first-order chi connectivity index (χ1) is 12.2. The number of esters is 1. The van der Waals surface area contributed by atoms with Crippen LogP contribution in [0.4, 0.5) is 0 Å². The van der Waals surface area contributed by atoms with Crippen LogP contribution in [0.2, 0.25) is 5.02 Å². The van der Waals surface area contributed by atoms with Gasteiger partial charge in [-0.05, 0) is 49.4 Å². The third kappa shape index (κ3) is 4.36. The molecular weight excluding hydrogens is 344 g/mol. The molecule has 3 aromatic rings. The number of hydrogen-bond donors (Lipinski definition) is 0. The fraction of sp³-hybridized carbons (Fsp3) is 0.167. The molecule has 2 aromatic carbocycles. The lowest BCUT2D eigenvalue weighted by Gasteiger charge is -2.06. The van der Waals surface area contributed by atoms with Gasteiger partial charge in [-0.1, -0.05) is 17.7 Å². The number of carbonyl (C=O) groups excluding carboxylic acids is 1. The number of ether oxygens (including phenoxy) is 2. The molecule has 0 atom stereocenters. The van der Waals surface area contributed by atoms with Gasteiger partial charge in [0.2, 0.25) is 5.89 Å². The first-order valence-electron chi connectivity index (χ1n) is 7.64. The van der Waals surface area contributed by atoms with Crippen LogP contribution >= 0.6 is 11.6 Å². The molecule has 1 aromatic heterocycles. The molecule has 0 N–H and O–H groups in total. The van der Waals surface area contributed by atoms with E-state index in [0.29, 0.717) is 34.7 Å². The Morgan fingerprint density at radius 1 is 1.16 bits per heavy atom. The maximum absolute atomic E-state index is 11.7. The molecule has 0 bridgehead atoms. The Balaban J connectivity index is 1.65. The minimum absolute atomic E-state index is 0.0901. The lowest BCUT2D eigenvalue weighted by Crippen LogP contribution is -2.05. The van der Waals surface area contributed by atoms with Gasteiger partial charge in [0.25, 0.3) is 5.89 Å². The van der Waals surface area contributed by atoms with Gasteiger partial charge in [-0.3, -0.25) is 0 Å². The molecule has 0 saturated heterocycles. The molecule has 0 aliphatic heterocycles.